The van der Waals surface area contributed by atoms with Crippen molar-refractivity contribution < 1.29 is 13.6 Å². The van der Waals surface area contributed by atoms with E-state index in [1.165, 1.54) is 12.3 Å². The van der Waals surface area contributed by atoms with E-state index in [-0.39, 0.29) is 0 Å². The highest BCUT2D eigenvalue weighted by Crippen LogP contribution is 2.21. The number of amides is 1. The maximum atomic E-state index is 13.2. The van der Waals surface area contributed by atoms with Crippen molar-refractivity contribution in [3.8, 4) is 11.3 Å². The van der Waals surface area contributed by atoms with E-state index in [4.69, 9.17) is 5.73 Å². The van der Waals surface area contributed by atoms with Gasteiger partial charge in [0, 0.05) is 18.0 Å². The molecule has 6 heteroatoms. The second kappa shape index (κ2) is 4.41. The van der Waals surface area contributed by atoms with E-state index in [0.717, 1.165) is 12.1 Å². The van der Waals surface area contributed by atoms with Crippen LogP contribution >= 0.6 is 0 Å². The molecule has 0 atom stereocenters. The van der Waals surface area contributed by atoms with Crippen LogP contribution in [-0.2, 0) is 0 Å². The van der Waals surface area contributed by atoms with Gasteiger partial charge >= 0.3 is 0 Å². The first-order valence-electron chi connectivity index (χ1n) is 5.78. The number of pyridine rings is 1. The molecule has 2 aromatic heterocycles. The number of hydrogen-bond donors (Lipinski definition) is 1. The normalized spacial score (nSPS) is 10.9. The summed E-state index contributed by atoms with van der Waals surface area (Å²) in [6.45, 7) is 0. The number of nitrogens with zero attached hydrogens (tertiary/aromatic N) is 2. The molecule has 4 nitrogen and oxygen atoms in total. The van der Waals surface area contributed by atoms with Gasteiger partial charge in [0.1, 0.15) is 5.65 Å². The molecule has 1 amide bonds. The minimum Gasteiger partial charge on any atom is -0.366 e. The van der Waals surface area contributed by atoms with E-state index in [1.54, 1.807) is 22.7 Å². The van der Waals surface area contributed by atoms with Gasteiger partial charge in [-0.25, -0.2) is 13.8 Å². The smallest absolute Gasteiger partial charge is 0.250 e. The fourth-order valence-electron chi connectivity index (χ4n) is 1.93. The van der Waals surface area contributed by atoms with Gasteiger partial charge in [-0.05, 0) is 30.3 Å². The van der Waals surface area contributed by atoms with Crippen molar-refractivity contribution in [1.82, 2.24) is 9.38 Å². The van der Waals surface area contributed by atoms with Crippen molar-refractivity contribution in [1.29, 1.82) is 0 Å². The zero-order chi connectivity index (χ0) is 14.3. The summed E-state index contributed by atoms with van der Waals surface area (Å²) in [6.07, 6.45) is 3.16. The van der Waals surface area contributed by atoms with Crippen LogP contribution in [-0.4, -0.2) is 15.3 Å². The van der Waals surface area contributed by atoms with Gasteiger partial charge < -0.3 is 10.1 Å². The molecule has 2 heterocycles. The summed E-state index contributed by atoms with van der Waals surface area (Å²) in [6, 6.07) is 6.74. The van der Waals surface area contributed by atoms with Gasteiger partial charge in [0.25, 0.3) is 0 Å². The fraction of sp³-hybridized carbons (Fsp3) is 0. The lowest BCUT2D eigenvalue weighted by Crippen LogP contribution is -2.11. The number of aromatic nitrogens is 2. The van der Waals surface area contributed by atoms with Crippen molar-refractivity contribution >= 4 is 11.6 Å². The Labute approximate surface area is 112 Å². The lowest BCUT2D eigenvalue weighted by Gasteiger charge is -1.97. The lowest BCUT2D eigenvalue weighted by molar-refractivity contribution is 0.1000. The van der Waals surface area contributed by atoms with Crippen LogP contribution in [0.1, 0.15) is 10.4 Å². The molecule has 0 radical (unpaired) electrons. The first-order chi connectivity index (χ1) is 9.54. The molecule has 0 aliphatic carbocycles. The quantitative estimate of drug-likeness (QED) is 0.779. The van der Waals surface area contributed by atoms with Gasteiger partial charge in [0.05, 0.1) is 11.3 Å². The predicted molar refractivity (Wildman–Crippen MR) is 69.1 cm³/mol. The van der Waals surface area contributed by atoms with Crippen LogP contribution in [0, 0.1) is 11.6 Å². The number of primary amides is 1. The average Bonchev–Trinajstić information content (AvgIpc) is 2.84. The minimum atomic E-state index is -0.933. The molecule has 0 saturated carbocycles. The van der Waals surface area contributed by atoms with Crippen molar-refractivity contribution in [3.05, 3.63) is 59.9 Å². The molecule has 20 heavy (non-hydrogen) atoms. The topological polar surface area (TPSA) is 60.4 Å². The molecule has 0 aliphatic heterocycles. The van der Waals surface area contributed by atoms with Crippen LogP contribution in [0.5, 0.6) is 0 Å². The number of benzene rings is 1. The highest BCUT2D eigenvalue weighted by molar-refractivity contribution is 5.92. The Bertz CT molecular complexity index is 826. The van der Waals surface area contributed by atoms with Crippen LogP contribution in [0.2, 0.25) is 0 Å². The van der Waals surface area contributed by atoms with Crippen molar-refractivity contribution in [3.63, 3.8) is 0 Å². The molecular weight excluding hydrogens is 264 g/mol. The Balaban J connectivity index is 2.12. The van der Waals surface area contributed by atoms with Crippen molar-refractivity contribution in [2.45, 2.75) is 0 Å². The highest BCUT2D eigenvalue weighted by Gasteiger charge is 2.09. The number of hydrogen-bond acceptors (Lipinski definition) is 2. The number of imidazole rings is 1. The van der Waals surface area contributed by atoms with E-state index in [9.17, 15) is 13.6 Å². The van der Waals surface area contributed by atoms with Gasteiger partial charge in [0.15, 0.2) is 11.6 Å². The number of halogens is 2. The number of carbonyl (C=O) groups excluding carboxylic acids is 1. The van der Waals surface area contributed by atoms with Crippen molar-refractivity contribution in [2.75, 3.05) is 0 Å². The molecule has 0 aliphatic rings. The Morgan fingerprint density at radius 2 is 1.90 bits per heavy atom. The zero-order valence-electron chi connectivity index (χ0n) is 10.2. The molecule has 2 N–H and O–H groups in total. The van der Waals surface area contributed by atoms with E-state index in [2.05, 4.69) is 4.98 Å². The zero-order valence-corrected chi connectivity index (χ0v) is 10.2. The number of carbonyl (C=O) groups is 1. The Morgan fingerprint density at radius 3 is 2.60 bits per heavy atom. The Kier molecular flexibility index (Phi) is 2.71. The van der Waals surface area contributed by atoms with E-state index >= 15 is 0 Å². The number of rotatable bonds is 2. The third-order valence-electron chi connectivity index (χ3n) is 2.95. The number of nitrogens with two attached hydrogens (primary N) is 1. The summed E-state index contributed by atoms with van der Waals surface area (Å²) < 4.78 is 27.7. The SMILES string of the molecule is NC(=O)c1ccc2nc(-c3ccc(F)c(F)c3)cn2c1. The van der Waals surface area contributed by atoms with Gasteiger partial charge in [0.2, 0.25) is 5.91 Å². The van der Waals surface area contributed by atoms with Gasteiger partial charge in [-0.1, -0.05) is 0 Å². The van der Waals surface area contributed by atoms with Crippen molar-refractivity contribution in [2.24, 2.45) is 5.73 Å². The summed E-state index contributed by atoms with van der Waals surface area (Å²) in [5.74, 6) is -2.39. The second-order valence-corrected chi connectivity index (χ2v) is 4.30. The summed E-state index contributed by atoms with van der Waals surface area (Å²) >= 11 is 0. The molecule has 0 unspecified atom stereocenters. The largest absolute Gasteiger partial charge is 0.366 e. The van der Waals surface area contributed by atoms with Crippen LogP contribution in [0.25, 0.3) is 16.9 Å². The van der Waals surface area contributed by atoms with E-state index in [1.807, 2.05) is 0 Å². The minimum absolute atomic E-state index is 0.340. The van der Waals surface area contributed by atoms with Crippen LogP contribution < -0.4 is 5.73 Å². The van der Waals surface area contributed by atoms with E-state index < -0.39 is 17.5 Å². The van der Waals surface area contributed by atoms with Crippen LogP contribution in [0.4, 0.5) is 8.78 Å². The third kappa shape index (κ3) is 2.01. The molecular formula is C14H9F2N3O. The van der Waals surface area contributed by atoms with Crippen LogP contribution in [0.3, 0.4) is 0 Å². The van der Waals surface area contributed by atoms with Gasteiger partial charge in [-0.2, -0.15) is 0 Å². The Hall–Kier alpha value is -2.76. The second-order valence-electron chi connectivity index (χ2n) is 4.30. The molecule has 3 aromatic rings. The molecule has 0 fully saturated rings. The average molecular weight is 273 g/mol. The molecule has 0 spiro atoms. The summed E-state index contributed by atoms with van der Waals surface area (Å²) in [7, 11) is 0. The summed E-state index contributed by atoms with van der Waals surface area (Å²) in [5.41, 5.74) is 7.04. The summed E-state index contributed by atoms with van der Waals surface area (Å²) in [4.78, 5) is 15.4. The maximum Gasteiger partial charge on any atom is 0.250 e. The first kappa shape index (κ1) is 12.3. The monoisotopic (exact) mass is 273 g/mol. The maximum absolute atomic E-state index is 13.2. The predicted octanol–water partition coefficient (Wildman–Crippen LogP) is 2.38. The number of fused-ring (bicyclic) bond motifs is 1. The molecule has 3 rings (SSSR count). The van der Waals surface area contributed by atoms with Crippen LogP contribution in [0.15, 0.2) is 42.7 Å². The molecule has 0 bridgehead atoms. The Morgan fingerprint density at radius 1 is 1.10 bits per heavy atom. The first-order valence-corrected chi connectivity index (χ1v) is 5.78. The molecule has 0 saturated heterocycles. The van der Waals surface area contributed by atoms with Gasteiger partial charge in [-0.3, -0.25) is 4.79 Å². The van der Waals surface area contributed by atoms with Gasteiger partial charge in [-0.15, -0.1) is 0 Å². The highest BCUT2D eigenvalue weighted by atomic mass is 19.2. The van der Waals surface area contributed by atoms with E-state index in [0.29, 0.717) is 22.5 Å². The molecule has 1 aromatic carbocycles. The lowest BCUT2D eigenvalue weighted by atomic mass is 10.1. The molecule has 100 valence electrons. The third-order valence-corrected chi connectivity index (χ3v) is 2.95. The fourth-order valence-corrected chi connectivity index (χ4v) is 1.93. The standard InChI is InChI=1S/C14H9F2N3O/c15-10-3-1-8(5-11(10)16)12-7-19-6-9(14(17)20)2-4-13(19)18-12/h1-7H,(H2,17,20). The summed E-state index contributed by atoms with van der Waals surface area (Å²) in [5, 5.41) is 0.